The van der Waals surface area contributed by atoms with Gasteiger partial charge in [-0.25, -0.2) is 0 Å². The Labute approximate surface area is 791 Å². The minimum absolute atomic E-state index is 0.0331. The summed E-state index contributed by atoms with van der Waals surface area (Å²) >= 11 is 14.9. The Balaban J connectivity index is 1.05. The van der Waals surface area contributed by atoms with Crippen molar-refractivity contribution in [2.75, 3.05) is 47.0 Å². The van der Waals surface area contributed by atoms with Crippen LogP contribution in [0.15, 0.2) is 115 Å². The first kappa shape index (κ1) is 101. The number of hydrogen-bond acceptors (Lipinski definition) is 34. The fourth-order valence-corrected chi connectivity index (χ4v) is 17.5. The number of benzene rings is 7. The molecule has 0 saturated carbocycles. The summed E-state index contributed by atoms with van der Waals surface area (Å²) in [7, 11) is 3.30. The molecule has 23 atom stereocenters. The van der Waals surface area contributed by atoms with Crippen LogP contribution in [0, 0.1) is 5.92 Å². The molecule has 9 heterocycles. The van der Waals surface area contributed by atoms with E-state index in [4.69, 9.17) is 71.6 Å². The number of aromatic hydroxyl groups is 4. The predicted molar refractivity (Wildman–Crippen MR) is 477 cm³/mol. The topological polar surface area (TPSA) is 657 Å². The molecule has 0 unspecified atom stereocenters. The van der Waals surface area contributed by atoms with Crippen LogP contribution in [0.4, 0.5) is 0 Å². The van der Waals surface area contributed by atoms with Crippen molar-refractivity contribution >= 4 is 76.4 Å². The molecule has 16 rings (SSSR count). The van der Waals surface area contributed by atoms with Gasteiger partial charge in [-0.3, -0.25) is 43.2 Å². The fourth-order valence-electron chi connectivity index (χ4n) is 17.0. The van der Waals surface area contributed by atoms with E-state index in [1.54, 1.807) is 19.0 Å². The first-order chi connectivity index (χ1) is 65.3. The van der Waals surface area contributed by atoms with Gasteiger partial charge in [0, 0.05) is 56.1 Å². The Bertz CT molecular complexity index is 5690. The Morgan fingerprint density at radius 3 is 1.72 bits per heavy atom. The number of hydrogen-bond donors (Lipinski definition) is 24. The number of nitrogens with one attached hydrogen (secondary N) is 9. The van der Waals surface area contributed by atoms with E-state index in [0.29, 0.717) is 18.8 Å². The van der Waals surface area contributed by atoms with E-state index in [0.717, 1.165) is 111 Å². The number of amides is 9. The van der Waals surface area contributed by atoms with Crippen LogP contribution in [0.1, 0.15) is 135 Å². The smallest absolute Gasteiger partial charge is 0.248 e. The van der Waals surface area contributed by atoms with Crippen LogP contribution < -0.4 is 77.3 Å². The van der Waals surface area contributed by atoms with Crippen molar-refractivity contribution in [1.29, 1.82) is 0 Å². The Kier molecular flexibility index (Phi) is 31.9. The average Bonchev–Trinajstić information content (AvgIpc) is 0.751. The molecule has 43 nitrogen and oxygen atoms in total. The molecule has 3 saturated heterocycles. The number of ether oxygens (including phenoxy) is 9. The minimum atomic E-state index is -2.52. The van der Waals surface area contributed by atoms with Gasteiger partial charge in [0.2, 0.25) is 71.5 Å². The number of aliphatic hydroxyl groups is 10. The van der Waals surface area contributed by atoms with E-state index in [1.165, 1.54) is 30.3 Å². The standard InChI is InChI=1S/C92H107Cl2N11O32/c1-37(2)10-8-6-7-9-11-64(114)99-72-78(119)75(116)62(35-107)134-91(72)137-82-59-29-44-30-60(82)131-56-19-15-42(27-51(56)94)81(136-90-71(97-38(3)109)77(118)74(115)61(34-106)133-90)73-89(128)103-70(85(124)96-20-21-105(4)5)49-32-46(111)33-58(132-92-80(121)79(120)76(117)63(36-108)135-92)65(49)48-26-41(14-16-53(48)112)67(86(125)104-73)101-88(127)69(44)102-87(126)68-43-24-45(110)31-47(25-43)129-57-28-40(13-17-54(57)113)66(95)84(123)98-52(83(122)100-68)23-39-12-18-55(130-59)50(93)22-39/h12-19,22,24-33,37,52,61-63,66-81,90-92,106-108,110-113,115-121H,6-11,20-21,23,34-36,95H2,1-5H3,(H,96,124)(H,97,109)(H,98,123)(H,99,114)(H,100,122)(H,101,127)(H,102,126)(H,103,128)(H,104,125)/t52-,61+,62+,63-,66-,67-,68+,69-,70+,71+,72+,73+,74-,75-,76-,77-,78-,79-,80+,81-,90+,91+,92+/m1/s1. The van der Waals surface area contributed by atoms with E-state index in [1.807, 2.05) is 0 Å². The molecule has 7 aromatic rings. The molecule has 137 heavy (non-hydrogen) atoms. The molecule has 0 radical (unpaired) electrons. The van der Waals surface area contributed by atoms with Gasteiger partial charge in [0.25, 0.3) is 0 Å². The van der Waals surface area contributed by atoms with Gasteiger partial charge in [0.1, 0.15) is 162 Å². The van der Waals surface area contributed by atoms with Gasteiger partial charge >= 0.3 is 0 Å². The molecular weight excluding hydrogens is 1840 g/mol. The molecule has 0 aliphatic carbocycles. The number of rotatable bonds is 22. The second-order valence-corrected chi connectivity index (χ2v) is 35.8. The van der Waals surface area contributed by atoms with Gasteiger partial charge in [-0.2, -0.15) is 0 Å². The lowest BCUT2D eigenvalue weighted by Crippen LogP contribution is -2.65. The Hall–Kier alpha value is -12.1. The maximum Gasteiger partial charge on any atom is 0.248 e. The molecule has 7 aromatic carbocycles. The third-order valence-electron chi connectivity index (χ3n) is 24.3. The maximum absolute atomic E-state index is 17.2. The van der Waals surface area contributed by atoms with Crippen molar-refractivity contribution in [3.63, 3.8) is 0 Å². The van der Waals surface area contributed by atoms with Gasteiger partial charge in [-0.15, -0.1) is 0 Å². The zero-order valence-electron chi connectivity index (χ0n) is 74.2. The summed E-state index contributed by atoms with van der Waals surface area (Å²) in [5.41, 5.74) is 3.40. The lowest BCUT2D eigenvalue weighted by molar-refractivity contribution is -0.284. The quantitative estimate of drug-likeness (QED) is 0.0413. The number of carbonyl (C=O) groups is 9. The number of phenols is 4. The van der Waals surface area contributed by atoms with Crippen LogP contribution >= 0.6 is 23.2 Å². The van der Waals surface area contributed by atoms with Crippen molar-refractivity contribution in [3.8, 4) is 80.1 Å². The summed E-state index contributed by atoms with van der Waals surface area (Å²) in [6.45, 7) is 1.93. The monoisotopic (exact) mass is 1950 g/mol. The van der Waals surface area contributed by atoms with Crippen molar-refractivity contribution < 1.29 is 157 Å². The number of unbranched alkanes of at least 4 members (excludes halogenated alkanes) is 3. The molecule has 3 fully saturated rings. The summed E-state index contributed by atoms with van der Waals surface area (Å²) in [6, 6.07) is 1.89. The van der Waals surface area contributed by atoms with E-state index < -0.39 is 304 Å². The number of nitrogens with zero attached hydrogens (tertiary/aromatic N) is 1. The largest absolute Gasteiger partial charge is 0.508 e. The van der Waals surface area contributed by atoms with Gasteiger partial charge in [-0.05, 0) is 144 Å². The highest BCUT2D eigenvalue weighted by Gasteiger charge is 2.52. The van der Waals surface area contributed by atoms with E-state index in [2.05, 4.69) is 61.7 Å². The highest BCUT2D eigenvalue weighted by atomic mass is 35.5. The van der Waals surface area contributed by atoms with Crippen molar-refractivity contribution in [2.45, 2.75) is 206 Å². The third-order valence-corrected chi connectivity index (χ3v) is 24.8. The number of aliphatic hydroxyl groups excluding tert-OH is 10. The summed E-state index contributed by atoms with van der Waals surface area (Å²) < 4.78 is 58.2. The number of nitrogens with two attached hydrogens (primary N) is 1. The van der Waals surface area contributed by atoms with Crippen LogP contribution in [-0.4, -0.2) is 281 Å². The molecule has 9 amide bonds. The van der Waals surface area contributed by atoms with Gasteiger partial charge in [0.05, 0.1) is 29.9 Å². The first-order valence-electron chi connectivity index (χ1n) is 44.0. The molecule has 25 N–H and O–H groups in total. The molecular formula is C92H107Cl2N11O32. The normalized spacial score (nSPS) is 28.3. The number of carbonyl (C=O) groups excluding carboxylic acids is 9. The maximum atomic E-state index is 17.2. The number of halogens is 2. The summed E-state index contributed by atoms with van der Waals surface area (Å²) in [5.74, 6) is -17.6. The molecule has 0 aromatic heterocycles. The second-order valence-electron chi connectivity index (χ2n) is 34.9. The highest BCUT2D eigenvalue weighted by Crippen LogP contribution is 2.51. The molecule has 0 spiro atoms. The lowest BCUT2D eigenvalue weighted by atomic mass is 9.89. The molecule has 45 heteroatoms. The Morgan fingerprint density at radius 1 is 0.518 bits per heavy atom. The summed E-state index contributed by atoms with van der Waals surface area (Å²) in [6.07, 6.45) is -25.6. The van der Waals surface area contributed by atoms with Crippen LogP contribution in [0.25, 0.3) is 11.1 Å². The van der Waals surface area contributed by atoms with Gasteiger partial charge in [0.15, 0.2) is 29.3 Å². The van der Waals surface area contributed by atoms with Crippen molar-refractivity contribution in [2.24, 2.45) is 11.7 Å². The zero-order valence-corrected chi connectivity index (χ0v) is 75.7. The molecule has 9 aliphatic rings. The van der Waals surface area contributed by atoms with E-state index in [-0.39, 0.29) is 64.0 Å². The van der Waals surface area contributed by atoms with Crippen LogP contribution in [0.5, 0.6) is 69.0 Å². The van der Waals surface area contributed by atoms with E-state index >= 15 is 28.8 Å². The number of likely N-dealkylation sites (N-methyl/N-ethyl adjacent to an activating group) is 1. The number of fused-ring (bicyclic) bond motifs is 14. The van der Waals surface area contributed by atoms with Gasteiger partial charge in [-0.1, -0.05) is 87.0 Å². The number of phenolic OH excluding ortho intramolecular Hbond substituents is 4. The highest BCUT2D eigenvalue weighted by molar-refractivity contribution is 6.32. The predicted octanol–water partition coefficient (Wildman–Crippen LogP) is 0.613. The summed E-state index contributed by atoms with van der Waals surface area (Å²) in [4.78, 5) is 143. The molecule has 736 valence electrons. The SMILES string of the molecule is CC(=O)N[C@@H]1[C@H](O[C@@H]2c3ccc(c(Cl)c3)Oc3cc4cc(c3O[C@@H]3O[C@@H](CO)[C@@H](O)[C@H](O)[C@@H]3NC(=O)CCCCCCC(C)C)Oc3ccc(cc3Cl)C[C@H]3NC(=O)[C@H](N)c5ccc(O)c(c5)Oc5cc(O)cc(c5)[C@H](NC3=O)C(=O)N[C@H]4C(=O)N[C@H]3C(=O)N[C@@H]2C(=O)N[C@H](C(=O)NCCN(C)C)c2cc(O)cc(O[C@H]4O[C@H](CO)[C@@H](O)[C@@H](O)[C@@H]4O)c2-c2cc3ccc2O)O[C@@H](CO)[C@@H](O)[C@@H]1O. The zero-order chi connectivity index (χ0) is 98.6. The summed E-state index contributed by atoms with van der Waals surface area (Å²) in [5, 5.41) is 184. The lowest BCUT2D eigenvalue weighted by Gasteiger charge is -2.44. The average molecular weight is 1950 g/mol. The van der Waals surface area contributed by atoms with Crippen LogP contribution in [0.2, 0.25) is 10.0 Å². The van der Waals surface area contributed by atoms with Crippen molar-refractivity contribution in [3.05, 3.63) is 164 Å². The van der Waals surface area contributed by atoms with Crippen LogP contribution in [0.3, 0.4) is 0 Å². The minimum Gasteiger partial charge on any atom is -0.508 e. The fraction of sp³-hybridized carbons (Fsp3) is 0.446. The third kappa shape index (κ3) is 22.7. The molecule has 9 aliphatic heterocycles. The van der Waals surface area contributed by atoms with Gasteiger partial charge < -0.3 is 173 Å². The second kappa shape index (κ2) is 43.3. The van der Waals surface area contributed by atoms with E-state index in [9.17, 15) is 85.9 Å². The van der Waals surface area contributed by atoms with Crippen molar-refractivity contribution in [1.82, 2.24) is 52.8 Å². The van der Waals surface area contributed by atoms with Crippen LogP contribution in [-0.2, 0) is 68.5 Å². The first-order valence-corrected chi connectivity index (χ1v) is 44.8. The molecule has 17 bridgehead atoms. The Morgan fingerprint density at radius 2 is 1.08 bits per heavy atom.